The van der Waals surface area contributed by atoms with Gasteiger partial charge in [-0.3, -0.25) is 0 Å². The Morgan fingerprint density at radius 3 is 2.61 bits per heavy atom. The highest BCUT2D eigenvalue weighted by Crippen LogP contribution is 2.59. The Labute approximate surface area is 202 Å². The number of hydrogen-bond donors (Lipinski definition) is 3. The highest BCUT2D eigenvalue weighted by atomic mass is 19.4. The number of benzene rings is 1. The van der Waals surface area contributed by atoms with Gasteiger partial charge in [0.05, 0.1) is 19.2 Å². The van der Waals surface area contributed by atoms with Crippen LogP contribution in [0.25, 0.3) is 11.0 Å². The number of nitrogens with zero attached hydrogens (tertiary/aromatic N) is 2. The van der Waals surface area contributed by atoms with Crippen LogP contribution in [0, 0.1) is 17.6 Å². The molecule has 0 bridgehead atoms. The van der Waals surface area contributed by atoms with E-state index >= 15 is 0 Å². The molecule has 5 atom stereocenters. The van der Waals surface area contributed by atoms with Crippen molar-refractivity contribution in [1.82, 2.24) is 15.0 Å². The summed E-state index contributed by atoms with van der Waals surface area (Å²) in [6.07, 6.45) is -5.99. The summed E-state index contributed by atoms with van der Waals surface area (Å²) in [7, 11) is 1.09. The topological polar surface area (TPSA) is 110 Å². The van der Waals surface area contributed by atoms with Crippen LogP contribution in [0.4, 0.5) is 22.0 Å². The van der Waals surface area contributed by atoms with Gasteiger partial charge in [-0.15, -0.1) is 0 Å². The van der Waals surface area contributed by atoms with Crippen LogP contribution >= 0.6 is 0 Å². The molecule has 0 saturated carbocycles. The number of alkyl halides is 3. The van der Waals surface area contributed by atoms with E-state index in [-0.39, 0.29) is 29.4 Å². The van der Waals surface area contributed by atoms with E-state index in [2.05, 4.69) is 15.0 Å². The van der Waals surface area contributed by atoms with Crippen molar-refractivity contribution in [2.75, 3.05) is 20.3 Å². The van der Waals surface area contributed by atoms with Crippen LogP contribution in [0.3, 0.4) is 0 Å². The molecule has 2 aromatic heterocycles. The molecule has 36 heavy (non-hydrogen) atoms. The lowest BCUT2D eigenvalue weighted by Gasteiger charge is -2.32. The van der Waals surface area contributed by atoms with E-state index in [9.17, 15) is 27.1 Å². The fourth-order valence-corrected chi connectivity index (χ4v) is 4.45. The van der Waals surface area contributed by atoms with Crippen LogP contribution in [0.2, 0.25) is 0 Å². The van der Waals surface area contributed by atoms with Gasteiger partial charge < -0.3 is 29.4 Å². The van der Waals surface area contributed by atoms with E-state index in [1.165, 1.54) is 25.3 Å². The summed E-state index contributed by atoms with van der Waals surface area (Å²) in [5.74, 6) is -5.52. The molecule has 1 fully saturated rings. The molecule has 0 spiro atoms. The zero-order valence-corrected chi connectivity index (χ0v) is 19.4. The molecular weight excluding hydrogens is 493 g/mol. The number of rotatable bonds is 7. The Bertz CT molecular complexity index is 1250. The normalized spacial score (nSPS) is 25.3. The summed E-state index contributed by atoms with van der Waals surface area (Å²) in [4.78, 5) is 11.3. The standard InChI is InChI=1S/C23H24F5N3O5/c1-10-15(12-4-5-13(24)16(25)18(12)34-3)19(36-22(10,2)23(26,27)28)20-30-14-6-7-29-21(17(14)31-20)35-9-11(33)8-32/h4-7,10-11,15,19,32-33H,8-9H2,1-3H3,(H,30,31)/t10-,11?,15-,19+,22+/m0/s1. The third-order valence-electron chi connectivity index (χ3n) is 6.59. The molecule has 3 heterocycles. The Morgan fingerprint density at radius 1 is 1.25 bits per heavy atom. The SMILES string of the molecule is COc1c([C@H]2[C@H](c3nc4c(OCC(O)CO)nccc4[nH]3)O[C@@](C)(C(F)(F)F)[C@H]2C)ccc(F)c1F. The zero-order valence-electron chi connectivity index (χ0n) is 19.4. The highest BCUT2D eigenvalue weighted by Gasteiger charge is 2.65. The van der Waals surface area contributed by atoms with Gasteiger partial charge >= 0.3 is 6.18 Å². The molecule has 0 aliphatic carbocycles. The number of methoxy groups -OCH3 is 1. The maximum Gasteiger partial charge on any atom is 0.417 e. The monoisotopic (exact) mass is 517 g/mol. The van der Waals surface area contributed by atoms with Crippen LogP contribution in [0.5, 0.6) is 11.6 Å². The number of aromatic nitrogens is 3. The van der Waals surface area contributed by atoms with Crippen molar-refractivity contribution >= 4 is 11.0 Å². The third-order valence-corrected chi connectivity index (χ3v) is 6.59. The average molecular weight is 517 g/mol. The molecule has 3 N–H and O–H groups in total. The number of halogens is 5. The van der Waals surface area contributed by atoms with Crippen LogP contribution in [0.1, 0.15) is 37.3 Å². The predicted octanol–water partition coefficient (Wildman–Crippen LogP) is 3.79. The van der Waals surface area contributed by atoms with Gasteiger partial charge in [0.15, 0.2) is 22.7 Å². The molecular formula is C23H24F5N3O5. The van der Waals surface area contributed by atoms with E-state index in [0.29, 0.717) is 5.52 Å². The first-order valence-electron chi connectivity index (χ1n) is 11.0. The quantitative estimate of drug-likeness (QED) is 0.409. The summed E-state index contributed by atoms with van der Waals surface area (Å²) >= 11 is 0. The maximum absolute atomic E-state index is 14.5. The molecule has 0 amide bonds. The number of aromatic amines is 1. The number of pyridine rings is 1. The number of nitrogens with one attached hydrogen (secondary N) is 1. The van der Waals surface area contributed by atoms with Gasteiger partial charge in [-0.05, 0) is 19.1 Å². The molecule has 4 rings (SSSR count). The lowest BCUT2D eigenvalue weighted by molar-refractivity contribution is -0.275. The van der Waals surface area contributed by atoms with Crippen molar-refractivity contribution in [1.29, 1.82) is 0 Å². The zero-order chi connectivity index (χ0) is 26.4. The Hall–Kier alpha value is -3.03. The van der Waals surface area contributed by atoms with Crippen LogP contribution in [-0.2, 0) is 4.74 Å². The maximum atomic E-state index is 14.5. The number of fused-ring (bicyclic) bond motifs is 1. The fourth-order valence-electron chi connectivity index (χ4n) is 4.45. The summed E-state index contributed by atoms with van der Waals surface area (Å²) in [6.45, 7) is 1.35. The smallest absolute Gasteiger partial charge is 0.417 e. The molecule has 1 aliphatic rings. The second kappa shape index (κ2) is 9.45. The van der Waals surface area contributed by atoms with Gasteiger partial charge in [0, 0.05) is 23.6 Å². The van der Waals surface area contributed by atoms with Crippen molar-refractivity contribution in [3.8, 4) is 11.6 Å². The fraction of sp³-hybridized carbons (Fsp3) is 0.478. The number of ether oxygens (including phenoxy) is 3. The largest absolute Gasteiger partial charge is 0.493 e. The minimum absolute atomic E-state index is 0.0111. The van der Waals surface area contributed by atoms with E-state index < -0.39 is 59.8 Å². The number of hydrogen-bond acceptors (Lipinski definition) is 7. The van der Waals surface area contributed by atoms with E-state index in [0.717, 1.165) is 20.1 Å². The van der Waals surface area contributed by atoms with E-state index in [4.69, 9.17) is 19.3 Å². The van der Waals surface area contributed by atoms with Crippen molar-refractivity contribution in [2.24, 2.45) is 5.92 Å². The Kier molecular flexibility index (Phi) is 6.84. The Morgan fingerprint density at radius 2 is 1.97 bits per heavy atom. The van der Waals surface area contributed by atoms with Crippen LogP contribution in [0.15, 0.2) is 24.4 Å². The molecule has 1 saturated heterocycles. The van der Waals surface area contributed by atoms with Gasteiger partial charge in [0.25, 0.3) is 0 Å². The molecule has 13 heteroatoms. The number of aliphatic hydroxyl groups is 2. The van der Waals surface area contributed by atoms with E-state index in [1.54, 1.807) is 0 Å². The van der Waals surface area contributed by atoms with Crippen LogP contribution < -0.4 is 9.47 Å². The Balaban J connectivity index is 1.84. The lowest BCUT2D eigenvalue weighted by atomic mass is 9.77. The number of H-pyrrole nitrogens is 1. The third kappa shape index (κ3) is 4.24. The summed E-state index contributed by atoms with van der Waals surface area (Å²) in [6, 6.07) is 3.50. The first-order valence-corrected chi connectivity index (χ1v) is 11.0. The van der Waals surface area contributed by atoms with Gasteiger partial charge in [-0.25, -0.2) is 14.4 Å². The van der Waals surface area contributed by atoms with Gasteiger partial charge in [0.2, 0.25) is 11.7 Å². The highest BCUT2D eigenvalue weighted by molar-refractivity contribution is 5.79. The van der Waals surface area contributed by atoms with Gasteiger partial charge in [0.1, 0.15) is 24.6 Å². The first kappa shape index (κ1) is 26.0. The van der Waals surface area contributed by atoms with Gasteiger partial charge in [-0.2, -0.15) is 17.6 Å². The summed E-state index contributed by atoms with van der Waals surface area (Å²) in [5, 5.41) is 18.5. The number of aliphatic hydroxyl groups excluding tert-OH is 2. The van der Waals surface area contributed by atoms with Crippen molar-refractivity contribution < 1.29 is 46.4 Å². The minimum atomic E-state index is -4.80. The predicted molar refractivity (Wildman–Crippen MR) is 116 cm³/mol. The second-order valence-corrected chi connectivity index (χ2v) is 8.72. The first-order chi connectivity index (χ1) is 16.9. The molecule has 1 unspecified atom stereocenters. The minimum Gasteiger partial charge on any atom is -0.493 e. The lowest BCUT2D eigenvalue weighted by Crippen LogP contribution is -2.46. The summed E-state index contributed by atoms with van der Waals surface area (Å²) < 4.78 is 87.0. The molecule has 196 valence electrons. The van der Waals surface area contributed by atoms with Crippen molar-refractivity contribution in [3.05, 3.63) is 47.4 Å². The summed E-state index contributed by atoms with van der Waals surface area (Å²) in [5.41, 5.74) is -2.17. The second-order valence-electron chi connectivity index (χ2n) is 8.72. The molecule has 1 aliphatic heterocycles. The molecule has 3 aromatic rings. The molecule has 1 aromatic carbocycles. The van der Waals surface area contributed by atoms with Gasteiger partial charge in [-0.1, -0.05) is 13.0 Å². The van der Waals surface area contributed by atoms with Crippen molar-refractivity contribution in [3.63, 3.8) is 0 Å². The molecule has 8 nitrogen and oxygen atoms in total. The number of imidazole rings is 1. The average Bonchev–Trinajstić information content (AvgIpc) is 3.39. The van der Waals surface area contributed by atoms with E-state index in [1.807, 2.05) is 0 Å². The van der Waals surface area contributed by atoms with Crippen LogP contribution in [-0.4, -0.2) is 63.4 Å². The molecule has 0 radical (unpaired) electrons. The van der Waals surface area contributed by atoms with Crippen molar-refractivity contribution in [2.45, 2.75) is 43.8 Å².